The van der Waals surface area contributed by atoms with E-state index in [0.29, 0.717) is 17.8 Å². The molecule has 0 aliphatic heterocycles. The molecule has 34 heavy (non-hydrogen) atoms. The third kappa shape index (κ3) is 10.6. The highest BCUT2D eigenvalue weighted by molar-refractivity contribution is 5.27. The molecule has 0 radical (unpaired) electrons. The van der Waals surface area contributed by atoms with Crippen LogP contribution in [0.2, 0.25) is 0 Å². The van der Waals surface area contributed by atoms with Crippen LogP contribution in [0.25, 0.3) is 0 Å². The van der Waals surface area contributed by atoms with Gasteiger partial charge >= 0.3 is 0 Å². The lowest BCUT2D eigenvalue weighted by atomic mass is 10.0. The SMILES string of the molecule is Cc1cc(C(C)C)ccc1F.Cc1cc(CC(C)C)ccc1F.Cc1cc(F)cc(C(C)C)c1. The molecule has 3 aromatic carbocycles. The van der Waals surface area contributed by atoms with Crippen molar-refractivity contribution in [3.05, 3.63) is 105 Å². The van der Waals surface area contributed by atoms with E-state index in [-0.39, 0.29) is 17.5 Å². The first kappa shape index (κ1) is 29.5. The fraction of sp³-hybridized carbons (Fsp3) is 0.419. The summed E-state index contributed by atoms with van der Waals surface area (Å²) in [5.74, 6) is 1.17. The van der Waals surface area contributed by atoms with E-state index in [0.717, 1.165) is 28.7 Å². The molecule has 3 heteroatoms. The first-order chi connectivity index (χ1) is 15.8. The smallest absolute Gasteiger partial charge is 0.126 e. The molecule has 0 spiro atoms. The summed E-state index contributed by atoms with van der Waals surface area (Å²) in [5, 5.41) is 0. The van der Waals surface area contributed by atoms with Gasteiger partial charge in [0.25, 0.3) is 0 Å². The summed E-state index contributed by atoms with van der Waals surface area (Å²) >= 11 is 0. The van der Waals surface area contributed by atoms with Gasteiger partial charge < -0.3 is 0 Å². The maximum atomic E-state index is 12.8. The maximum Gasteiger partial charge on any atom is 0.126 e. The number of halogens is 3. The Morgan fingerprint density at radius 1 is 0.588 bits per heavy atom. The van der Waals surface area contributed by atoms with Crippen molar-refractivity contribution >= 4 is 0 Å². The van der Waals surface area contributed by atoms with Crippen LogP contribution in [-0.4, -0.2) is 0 Å². The third-order valence-corrected chi connectivity index (χ3v) is 5.45. The van der Waals surface area contributed by atoms with Gasteiger partial charge in [0, 0.05) is 0 Å². The number of hydrogen-bond acceptors (Lipinski definition) is 0. The Morgan fingerprint density at radius 2 is 1.12 bits per heavy atom. The molecular formula is C31H41F3. The maximum absolute atomic E-state index is 12.8. The van der Waals surface area contributed by atoms with Crippen molar-refractivity contribution in [1.82, 2.24) is 0 Å². The van der Waals surface area contributed by atoms with E-state index in [9.17, 15) is 13.2 Å². The Kier molecular flexibility index (Phi) is 12.1. The van der Waals surface area contributed by atoms with Gasteiger partial charge in [-0.2, -0.15) is 0 Å². The van der Waals surface area contributed by atoms with Crippen molar-refractivity contribution in [1.29, 1.82) is 0 Å². The minimum Gasteiger partial charge on any atom is -0.207 e. The molecule has 0 atom stereocenters. The normalized spacial score (nSPS) is 10.7. The fourth-order valence-electron chi connectivity index (χ4n) is 3.43. The van der Waals surface area contributed by atoms with Gasteiger partial charge in [-0.25, -0.2) is 13.2 Å². The Morgan fingerprint density at radius 3 is 1.56 bits per heavy atom. The highest BCUT2D eigenvalue weighted by atomic mass is 19.1. The summed E-state index contributed by atoms with van der Waals surface area (Å²) in [6.07, 6.45) is 1.03. The number of rotatable bonds is 4. The molecule has 0 saturated carbocycles. The molecule has 3 aromatic rings. The van der Waals surface area contributed by atoms with Crippen molar-refractivity contribution < 1.29 is 13.2 Å². The number of benzene rings is 3. The minimum atomic E-state index is -0.131. The molecule has 3 rings (SSSR count). The number of hydrogen-bond donors (Lipinski definition) is 0. The summed E-state index contributed by atoms with van der Waals surface area (Å²) in [6.45, 7) is 18.2. The second-order valence-electron chi connectivity index (χ2n) is 10.1. The second-order valence-corrected chi connectivity index (χ2v) is 10.1. The second kappa shape index (κ2) is 14.0. The van der Waals surface area contributed by atoms with Crippen LogP contribution < -0.4 is 0 Å². The Labute approximate surface area is 205 Å². The third-order valence-electron chi connectivity index (χ3n) is 5.45. The lowest BCUT2D eigenvalue weighted by Gasteiger charge is -2.05. The lowest BCUT2D eigenvalue weighted by molar-refractivity contribution is 0.612. The monoisotopic (exact) mass is 470 g/mol. The Balaban J connectivity index is 0.000000255. The molecule has 0 aromatic heterocycles. The largest absolute Gasteiger partial charge is 0.207 e. The highest BCUT2D eigenvalue weighted by Crippen LogP contribution is 2.18. The van der Waals surface area contributed by atoms with E-state index in [4.69, 9.17) is 0 Å². The average molecular weight is 471 g/mol. The zero-order valence-corrected chi connectivity index (χ0v) is 22.3. The van der Waals surface area contributed by atoms with Crippen molar-refractivity contribution in [2.45, 2.75) is 80.6 Å². The highest BCUT2D eigenvalue weighted by Gasteiger charge is 2.03. The van der Waals surface area contributed by atoms with Crippen LogP contribution in [0.3, 0.4) is 0 Å². The molecule has 0 bridgehead atoms. The molecule has 0 unspecified atom stereocenters. The van der Waals surface area contributed by atoms with Crippen molar-refractivity contribution in [3.8, 4) is 0 Å². The number of aryl methyl sites for hydroxylation is 3. The minimum absolute atomic E-state index is 0.109. The summed E-state index contributed by atoms with van der Waals surface area (Å²) in [6, 6.07) is 15.8. The van der Waals surface area contributed by atoms with Crippen LogP contribution in [0.1, 0.15) is 86.8 Å². The average Bonchev–Trinajstić information content (AvgIpc) is 2.72. The standard InChI is InChI=1S/C11H15F.2C10H13F/c1-8(2)6-10-4-5-11(12)9(3)7-10;1-7(2)9-4-8(3)5-10(11)6-9;1-7(2)9-4-5-10(11)8(3)6-9/h4-5,7-8H,6H2,1-3H3;2*4-7H,1-3H3. The van der Waals surface area contributed by atoms with Crippen molar-refractivity contribution in [3.63, 3.8) is 0 Å². The van der Waals surface area contributed by atoms with Crippen LogP contribution in [0.4, 0.5) is 13.2 Å². The zero-order chi connectivity index (χ0) is 26.0. The predicted molar refractivity (Wildman–Crippen MR) is 140 cm³/mol. The molecule has 0 aliphatic rings. The van der Waals surface area contributed by atoms with Gasteiger partial charge in [0.2, 0.25) is 0 Å². The van der Waals surface area contributed by atoms with Crippen molar-refractivity contribution in [2.75, 3.05) is 0 Å². The summed E-state index contributed by atoms with van der Waals surface area (Å²) in [5.41, 5.74) is 5.97. The van der Waals surface area contributed by atoms with E-state index in [1.54, 1.807) is 32.0 Å². The van der Waals surface area contributed by atoms with Gasteiger partial charge in [-0.3, -0.25) is 0 Å². The Hall–Kier alpha value is -2.55. The molecular weight excluding hydrogens is 429 g/mol. The van der Waals surface area contributed by atoms with E-state index in [2.05, 4.69) is 41.5 Å². The van der Waals surface area contributed by atoms with E-state index in [1.807, 2.05) is 37.3 Å². The van der Waals surface area contributed by atoms with Crippen molar-refractivity contribution in [2.24, 2.45) is 5.92 Å². The first-order valence-corrected chi connectivity index (χ1v) is 12.1. The molecule has 0 fully saturated rings. The quantitative estimate of drug-likeness (QED) is 0.356. The molecule has 0 heterocycles. The van der Waals surface area contributed by atoms with Crippen LogP contribution in [0.5, 0.6) is 0 Å². The topological polar surface area (TPSA) is 0 Å². The predicted octanol–water partition coefficient (Wildman–Crippen LogP) is 9.85. The molecule has 0 N–H and O–H groups in total. The molecule has 186 valence electrons. The lowest BCUT2D eigenvalue weighted by Crippen LogP contribution is -1.95. The first-order valence-electron chi connectivity index (χ1n) is 12.1. The Bertz CT molecular complexity index is 1010. The van der Waals surface area contributed by atoms with Crippen LogP contribution in [-0.2, 0) is 6.42 Å². The van der Waals surface area contributed by atoms with Gasteiger partial charge in [0.1, 0.15) is 17.5 Å². The molecule has 0 nitrogen and oxygen atoms in total. The van der Waals surface area contributed by atoms with Crippen LogP contribution in [0, 0.1) is 44.1 Å². The van der Waals surface area contributed by atoms with Crippen LogP contribution >= 0.6 is 0 Å². The van der Waals surface area contributed by atoms with Crippen LogP contribution in [0.15, 0.2) is 54.6 Å². The van der Waals surface area contributed by atoms with Gasteiger partial charge in [0.05, 0.1) is 0 Å². The zero-order valence-electron chi connectivity index (χ0n) is 22.3. The molecule has 0 amide bonds. The molecule has 0 saturated heterocycles. The van der Waals surface area contributed by atoms with Gasteiger partial charge in [-0.15, -0.1) is 0 Å². The summed E-state index contributed by atoms with van der Waals surface area (Å²) in [7, 11) is 0. The molecule has 0 aliphatic carbocycles. The van der Waals surface area contributed by atoms with Gasteiger partial charge in [0.15, 0.2) is 0 Å². The fourth-order valence-corrected chi connectivity index (χ4v) is 3.43. The van der Waals surface area contributed by atoms with E-state index < -0.39 is 0 Å². The van der Waals surface area contributed by atoms with E-state index >= 15 is 0 Å². The summed E-state index contributed by atoms with van der Waals surface area (Å²) in [4.78, 5) is 0. The van der Waals surface area contributed by atoms with Gasteiger partial charge in [-0.05, 0) is 103 Å². The summed E-state index contributed by atoms with van der Waals surface area (Å²) < 4.78 is 38.4. The van der Waals surface area contributed by atoms with Gasteiger partial charge in [-0.1, -0.05) is 71.9 Å². The van der Waals surface area contributed by atoms with E-state index in [1.165, 1.54) is 17.2 Å².